The molecule has 0 aromatic heterocycles. The minimum absolute atomic E-state index is 0.952. The molecule has 2 fully saturated rings. The molecule has 2 saturated heterocycles. The van der Waals surface area contributed by atoms with Crippen LogP contribution < -0.4 is 0 Å². The molecule has 0 aliphatic carbocycles. The Kier molecular flexibility index (Phi) is 10.4. The van der Waals surface area contributed by atoms with E-state index in [0.717, 1.165) is 11.8 Å². The molecule has 0 aromatic carbocycles. The molecule has 2 atom stereocenters. The molecule has 2 aliphatic rings. The first-order valence-corrected chi connectivity index (χ1v) is 11.2. The van der Waals surface area contributed by atoms with Gasteiger partial charge in [-0.1, -0.05) is 52.4 Å². The molecular formula is C22H44N2. The van der Waals surface area contributed by atoms with Crippen molar-refractivity contribution in [2.75, 3.05) is 39.3 Å². The maximum Gasteiger partial charge on any atom is -0.00162 e. The monoisotopic (exact) mass is 336 g/mol. The van der Waals surface area contributed by atoms with E-state index < -0.39 is 0 Å². The molecule has 0 amide bonds. The van der Waals surface area contributed by atoms with E-state index in [1.165, 1.54) is 116 Å². The zero-order chi connectivity index (χ0) is 17.0. The molecule has 2 rings (SSSR count). The Labute approximate surface area is 152 Å². The Morgan fingerprint density at radius 2 is 1.00 bits per heavy atom. The number of likely N-dealkylation sites (tertiary alicyclic amines) is 2. The summed E-state index contributed by atoms with van der Waals surface area (Å²) in [6.45, 7) is 13.0. The number of nitrogens with zero attached hydrogens (tertiary/aromatic N) is 2. The van der Waals surface area contributed by atoms with Crippen molar-refractivity contribution in [3.8, 4) is 0 Å². The lowest BCUT2D eigenvalue weighted by Crippen LogP contribution is -2.30. The van der Waals surface area contributed by atoms with E-state index in [9.17, 15) is 0 Å². The predicted octanol–water partition coefficient (Wildman–Crippen LogP) is 5.57. The van der Waals surface area contributed by atoms with Gasteiger partial charge in [0.15, 0.2) is 0 Å². The standard InChI is InChI=1S/C22H44N2/c1-21-11-5-9-17-23(19-13-21)15-7-3-4-8-16-24-18-10-6-12-22(2)14-20-24/h21-22H,3-20H2,1-2H3. The van der Waals surface area contributed by atoms with Gasteiger partial charge in [-0.25, -0.2) is 0 Å². The minimum Gasteiger partial charge on any atom is -0.303 e. The summed E-state index contributed by atoms with van der Waals surface area (Å²) in [4.78, 5) is 5.49. The quantitative estimate of drug-likeness (QED) is 0.561. The molecule has 2 heteroatoms. The fourth-order valence-corrected chi connectivity index (χ4v) is 4.45. The summed E-state index contributed by atoms with van der Waals surface area (Å²) >= 11 is 0. The summed E-state index contributed by atoms with van der Waals surface area (Å²) in [6.07, 6.45) is 17.3. The van der Waals surface area contributed by atoms with Crippen molar-refractivity contribution >= 4 is 0 Å². The van der Waals surface area contributed by atoms with Gasteiger partial charge in [0.2, 0.25) is 0 Å². The zero-order valence-corrected chi connectivity index (χ0v) is 16.8. The first kappa shape index (κ1) is 20.2. The fourth-order valence-electron chi connectivity index (χ4n) is 4.45. The van der Waals surface area contributed by atoms with Crippen LogP contribution in [0.15, 0.2) is 0 Å². The molecule has 142 valence electrons. The Hall–Kier alpha value is -0.0800. The van der Waals surface area contributed by atoms with Gasteiger partial charge < -0.3 is 9.80 Å². The van der Waals surface area contributed by atoms with E-state index in [-0.39, 0.29) is 0 Å². The third-order valence-corrected chi connectivity index (χ3v) is 6.42. The topological polar surface area (TPSA) is 6.48 Å². The van der Waals surface area contributed by atoms with Crippen LogP contribution in [-0.4, -0.2) is 49.1 Å². The van der Waals surface area contributed by atoms with Gasteiger partial charge in [-0.2, -0.15) is 0 Å². The molecule has 0 aromatic rings. The van der Waals surface area contributed by atoms with E-state index in [0.29, 0.717) is 0 Å². The van der Waals surface area contributed by atoms with Crippen LogP contribution in [0.1, 0.15) is 90.9 Å². The van der Waals surface area contributed by atoms with E-state index >= 15 is 0 Å². The van der Waals surface area contributed by atoms with Crippen molar-refractivity contribution in [3.63, 3.8) is 0 Å². The zero-order valence-electron chi connectivity index (χ0n) is 16.8. The Morgan fingerprint density at radius 3 is 1.46 bits per heavy atom. The highest BCUT2D eigenvalue weighted by Crippen LogP contribution is 2.18. The van der Waals surface area contributed by atoms with E-state index in [4.69, 9.17) is 0 Å². The smallest absolute Gasteiger partial charge is 0.00162 e. The van der Waals surface area contributed by atoms with Crippen LogP contribution in [0.2, 0.25) is 0 Å². The van der Waals surface area contributed by atoms with Crippen LogP contribution in [0.25, 0.3) is 0 Å². The SMILES string of the molecule is CC1CCCCN(CCCCCCN2CCCCC(C)CC2)CC1. The predicted molar refractivity (Wildman–Crippen MR) is 107 cm³/mol. The highest BCUT2D eigenvalue weighted by atomic mass is 15.1. The average molecular weight is 337 g/mol. The number of hydrogen-bond acceptors (Lipinski definition) is 2. The Morgan fingerprint density at radius 1 is 0.542 bits per heavy atom. The first-order valence-electron chi connectivity index (χ1n) is 11.2. The molecule has 2 nitrogen and oxygen atoms in total. The second-order valence-corrected chi connectivity index (χ2v) is 8.88. The van der Waals surface area contributed by atoms with Gasteiger partial charge in [-0.3, -0.25) is 0 Å². The Bertz CT molecular complexity index is 274. The lowest BCUT2D eigenvalue weighted by Gasteiger charge is -2.27. The second-order valence-electron chi connectivity index (χ2n) is 8.88. The minimum atomic E-state index is 0.952. The van der Waals surface area contributed by atoms with Crippen molar-refractivity contribution < 1.29 is 0 Å². The van der Waals surface area contributed by atoms with Crippen LogP contribution in [-0.2, 0) is 0 Å². The maximum atomic E-state index is 2.75. The van der Waals surface area contributed by atoms with Crippen molar-refractivity contribution in [3.05, 3.63) is 0 Å². The van der Waals surface area contributed by atoms with Crippen LogP contribution in [0, 0.1) is 11.8 Å². The summed E-state index contributed by atoms with van der Waals surface area (Å²) in [7, 11) is 0. The largest absolute Gasteiger partial charge is 0.303 e. The van der Waals surface area contributed by atoms with Gasteiger partial charge in [-0.05, 0) is 89.6 Å². The summed E-state index contributed by atoms with van der Waals surface area (Å²) in [5, 5.41) is 0. The average Bonchev–Trinajstić information content (AvgIpc) is 2.55. The maximum absolute atomic E-state index is 2.75. The molecular weight excluding hydrogens is 292 g/mol. The van der Waals surface area contributed by atoms with E-state index in [1.54, 1.807) is 0 Å². The molecule has 0 saturated carbocycles. The van der Waals surface area contributed by atoms with Gasteiger partial charge >= 0.3 is 0 Å². The van der Waals surface area contributed by atoms with Crippen LogP contribution in [0.5, 0.6) is 0 Å². The third-order valence-electron chi connectivity index (χ3n) is 6.42. The molecule has 2 unspecified atom stereocenters. The van der Waals surface area contributed by atoms with Gasteiger partial charge in [0.25, 0.3) is 0 Å². The number of rotatable bonds is 7. The number of unbranched alkanes of at least 4 members (excludes halogenated alkanes) is 3. The highest BCUT2D eigenvalue weighted by Gasteiger charge is 2.13. The lowest BCUT2D eigenvalue weighted by atomic mass is 9.98. The van der Waals surface area contributed by atoms with Crippen LogP contribution >= 0.6 is 0 Å². The molecule has 2 aliphatic heterocycles. The lowest BCUT2D eigenvalue weighted by molar-refractivity contribution is 0.213. The normalized spacial score (nSPS) is 28.8. The van der Waals surface area contributed by atoms with Crippen LogP contribution in [0.3, 0.4) is 0 Å². The summed E-state index contributed by atoms with van der Waals surface area (Å²) < 4.78 is 0. The summed E-state index contributed by atoms with van der Waals surface area (Å²) in [6, 6.07) is 0. The number of hydrogen-bond donors (Lipinski definition) is 0. The van der Waals surface area contributed by atoms with Crippen molar-refractivity contribution in [2.45, 2.75) is 90.9 Å². The molecule has 0 spiro atoms. The molecule has 0 radical (unpaired) electrons. The van der Waals surface area contributed by atoms with Gasteiger partial charge in [0.1, 0.15) is 0 Å². The van der Waals surface area contributed by atoms with Crippen molar-refractivity contribution in [1.82, 2.24) is 9.80 Å². The van der Waals surface area contributed by atoms with Gasteiger partial charge in [-0.15, -0.1) is 0 Å². The van der Waals surface area contributed by atoms with Crippen molar-refractivity contribution in [1.29, 1.82) is 0 Å². The van der Waals surface area contributed by atoms with E-state index in [2.05, 4.69) is 23.6 Å². The Balaban J connectivity index is 1.48. The molecule has 0 N–H and O–H groups in total. The van der Waals surface area contributed by atoms with Gasteiger partial charge in [0, 0.05) is 0 Å². The summed E-state index contributed by atoms with van der Waals surface area (Å²) in [5.41, 5.74) is 0. The first-order chi connectivity index (χ1) is 11.7. The van der Waals surface area contributed by atoms with Gasteiger partial charge in [0.05, 0.1) is 0 Å². The summed E-state index contributed by atoms with van der Waals surface area (Å²) in [5.74, 6) is 1.90. The molecule has 24 heavy (non-hydrogen) atoms. The van der Waals surface area contributed by atoms with Crippen LogP contribution in [0.4, 0.5) is 0 Å². The molecule has 2 heterocycles. The molecule has 0 bridgehead atoms. The van der Waals surface area contributed by atoms with Crippen molar-refractivity contribution in [2.24, 2.45) is 11.8 Å². The van der Waals surface area contributed by atoms with E-state index in [1.807, 2.05) is 0 Å². The third kappa shape index (κ3) is 8.85. The second kappa shape index (κ2) is 12.3. The fraction of sp³-hybridized carbons (Fsp3) is 1.00. The highest BCUT2D eigenvalue weighted by molar-refractivity contribution is 4.68.